The molecule has 0 bridgehead atoms. The lowest BCUT2D eigenvalue weighted by atomic mass is 10.1. The highest BCUT2D eigenvalue weighted by molar-refractivity contribution is 5.72. The van der Waals surface area contributed by atoms with Crippen LogP contribution in [0.3, 0.4) is 0 Å². The number of hydrogen-bond donors (Lipinski definition) is 1. The van der Waals surface area contributed by atoms with E-state index >= 15 is 0 Å². The Balaban J connectivity index is 1.89. The standard InChI is InChI=1S/C18H22FN5O2/c1-11-7-14(19)16(15(8-11)26-10-25)17-12(2)20-18(23-22-17)21-13-5-4-6-24(3)9-13/h7-8,10,13H,4-6,9H2,1-3H3,(H,20,21,23)/t13-/m1/s1. The van der Waals surface area contributed by atoms with E-state index in [2.05, 4.69) is 32.4 Å². The zero-order valence-corrected chi connectivity index (χ0v) is 15.1. The molecular formula is C18H22FN5O2. The Morgan fingerprint density at radius 1 is 1.35 bits per heavy atom. The number of likely N-dealkylation sites (tertiary alicyclic amines) is 1. The van der Waals surface area contributed by atoms with Gasteiger partial charge in [-0.15, -0.1) is 10.2 Å². The molecule has 1 aliphatic rings. The van der Waals surface area contributed by atoms with Crippen LogP contribution < -0.4 is 10.1 Å². The number of piperidine rings is 1. The SMILES string of the molecule is Cc1cc(F)c(-c2nnc(N[C@@H]3CCCN(C)C3)nc2C)c(OC=O)c1. The lowest BCUT2D eigenvalue weighted by molar-refractivity contribution is -0.120. The molecule has 1 aromatic carbocycles. The number of likely N-dealkylation sites (N-methyl/N-ethyl adjacent to an activating group) is 1. The monoisotopic (exact) mass is 359 g/mol. The summed E-state index contributed by atoms with van der Waals surface area (Å²) in [7, 11) is 2.08. The van der Waals surface area contributed by atoms with E-state index in [1.165, 1.54) is 6.07 Å². The van der Waals surface area contributed by atoms with Gasteiger partial charge in [0.15, 0.2) is 0 Å². The van der Waals surface area contributed by atoms with Crippen LogP contribution in [-0.4, -0.2) is 52.7 Å². The third kappa shape index (κ3) is 3.96. The van der Waals surface area contributed by atoms with Crippen molar-refractivity contribution in [2.24, 2.45) is 0 Å². The number of halogens is 1. The van der Waals surface area contributed by atoms with Gasteiger partial charge in [-0.2, -0.15) is 0 Å². The molecule has 138 valence electrons. The highest BCUT2D eigenvalue weighted by Crippen LogP contribution is 2.33. The molecule has 0 aliphatic carbocycles. The number of anilines is 1. The fourth-order valence-electron chi connectivity index (χ4n) is 3.25. The first-order chi connectivity index (χ1) is 12.5. The minimum Gasteiger partial charge on any atom is -0.428 e. The van der Waals surface area contributed by atoms with Crippen molar-refractivity contribution in [3.05, 3.63) is 29.2 Å². The largest absolute Gasteiger partial charge is 0.428 e. The summed E-state index contributed by atoms with van der Waals surface area (Å²) in [6, 6.07) is 3.20. The van der Waals surface area contributed by atoms with Crippen molar-refractivity contribution < 1.29 is 13.9 Å². The molecule has 1 atom stereocenters. The highest BCUT2D eigenvalue weighted by atomic mass is 19.1. The van der Waals surface area contributed by atoms with Crippen LogP contribution in [0.15, 0.2) is 12.1 Å². The van der Waals surface area contributed by atoms with E-state index in [1.807, 2.05) is 0 Å². The van der Waals surface area contributed by atoms with E-state index in [9.17, 15) is 9.18 Å². The predicted molar refractivity (Wildman–Crippen MR) is 95.5 cm³/mol. The predicted octanol–water partition coefficient (Wildman–Crippen LogP) is 2.34. The number of carbonyl (C=O) groups is 1. The Hall–Kier alpha value is -2.61. The molecule has 8 heteroatoms. The van der Waals surface area contributed by atoms with Crippen LogP contribution in [0.2, 0.25) is 0 Å². The van der Waals surface area contributed by atoms with Gasteiger partial charge < -0.3 is 15.0 Å². The van der Waals surface area contributed by atoms with Gasteiger partial charge in [0.2, 0.25) is 5.95 Å². The summed E-state index contributed by atoms with van der Waals surface area (Å²) in [4.78, 5) is 17.4. The number of nitrogens with zero attached hydrogens (tertiary/aromatic N) is 4. The maximum Gasteiger partial charge on any atom is 0.298 e. The maximum absolute atomic E-state index is 14.5. The molecule has 0 unspecified atom stereocenters. The Labute approximate surface area is 151 Å². The maximum atomic E-state index is 14.5. The number of nitrogens with one attached hydrogen (secondary N) is 1. The number of carbonyl (C=O) groups excluding carboxylic acids is 1. The average Bonchev–Trinajstić information content (AvgIpc) is 2.56. The second kappa shape index (κ2) is 7.74. The minimum atomic E-state index is -0.532. The van der Waals surface area contributed by atoms with E-state index in [0.717, 1.165) is 25.9 Å². The Kier molecular flexibility index (Phi) is 5.41. The minimum absolute atomic E-state index is 0.0872. The van der Waals surface area contributed by atoms with E-state index < -0.39 is 5.82 Å². The molecule has 2 heterocycles. The van der Waals surface area contributed by atoms with Crippen molar-refractivity contribution in [3.8, 4) is 17.0 Å². The number of benzene rings is 1. The Morgan fingerprint density at radius 3 is 2.85 bits per heavy atom. The van der Waals surface area contributed by atoms with E-state index in [0.29, 0.717) is 17.2 Å². The lowest BCUT2D eigenvalue weighted by Gasteiger charge is -2.30. The van der Waals surface area contributed by atoms with Crippen molar-refractivity contribution in [2.45, 2.75) is 32.7 Å². The molecule has 0 spiro atoms. The van der Waals surface area contributed by atoms with Crippen LogP contribution >= 0.6 is 0 Å². The normalized spacial score (nSPS) is 17.8. The molecule has 1 saturated heterocycles. The first-order valence-corrected chi connectivity index (χ1v) is 8.55. The van der Waals surface area contributed by atoms with Gasteiger partial charge in [0.1, 0.15) is 17.3 Å². The summed E-state index contributed by atoms with van der Waals surface area (Å²) < 4.78 is 19.4. The average molecular weight is 359 g/mol. The van der Waals surface area contributed by atoms with Crippen molar-refractivity contribution in [1.82, 2.24) is 20.1 Å². The van der Waals surface area contributed by atoms with Crippen LogP contribution in [-0.2, 0) is 4.79 Å². The van der Waals surface area contributed by atoms with Crippen LogP contribution in [0.1, 0.15) is 24.1 Å². The first-order valence-electron chi connectivity index (χ1n) is 8.55. The molecule has 3 rings (SSSR count). The van der Waals surface area contributed by atoms with E-state index in [4.69, 9.17) is 4.74 Å². The first kappa shape index (κ1) is 18.2. The summed E-state index contributed by atoms with van der Waals surface area (Å²) in [6.07, 6.45) is 2.15. The molecular weight excluding hydrogens is 337 g/mol. The van der Waals surface area contributed by atoms with Crippen molar-refractivity contribution in [2.75, 3.05) is 25.5 Å². The summed E-state index contributed by atoms with van der Waals surface area (Å²) in [5.41, 5.74) is 1.49. The van der Waals surface area contributed by atoms with Crippen LogP contribution in [0.25, 0.3) is 11.3 Å². The third-order valence-electron chi connectivity index (χ3n) is 4.43. The Morgan fingerprint density at radius 2 is 2.15 bits per heavy atom. The molecule has 26 heavy (non-hydrogen) atoms. The Bertz CT molecular complexity index is 814. The topological polar surface area (TPSA) is 80.2 Å². The van der Waals surface area contributed by atoms with Gasteiger partial charge in [-0.05, 0) is 58.0 Å². The molecule has 2 aromatic rings. The molecule has 7 nitrogen and oxygen atoms in total. The number of aromatic nitrogens is 3. The van der Waals surface area contributed by atoms with E-state index in [1.54, 1.807) is 19.9 Å². The third-order valence-corrected chi connectivity index (χ3v) is 4.43. The smallest absolute Gasteiger partial charge is 0.298 e. The fraction of sp³-hybridized carbons (Fsp3) is 0.444. The molecule has 1 N–H and O–H groups in total. The highest BCUT2D eigenvalue weighted by Gasteiger charge is 2.21. The molecule has 0 saturated carbocycles. The van der Waals surface area contributed by atoms with Gasteiger partial charge in [0, 0.05) is 12.6 Å². The number of aryl methyl sites for hydroxylation is 2. The van der Waals surface area contributed by atoms with Crippen molar-refractivity contribution in [1.29, 1.82) is 0 Å². The van der Waals surface area contributed by atoms with Gasteiger partial charge in [-0.1, -0.05) is 0 Å². The van der Waals surface area contributed by atoms with Crippen molar-refractivity contribution in [3.63, 3.8) is 0 Å². The number of rotatable bonds is 5. The molecule has 0 amide bonds. The summed E-state index contributed by atoms with van der Waals surface area (Å²) >= 11 is 0. The van der Waals surface area contributed by atoms with Crippen LogP contribution in [0.4, 0.5) is 10.3 Å². The zero-order chi connectivity index (χ0) is 18.7. The molecule has 1 aromatic heterocycles. The van der Waals surface area contributed by atoms with Crippen molar-refractivity contribution >= 4 is 12.4 Å². The van der Waals surface area contributed by atoms with Gasteiger partial charge in [0.25, 0.3) is 6.47 Å². The van der Waals surface area contributed by atoms with Gasteiger partial charge in [-0.3, -0.25) is 4.79 Å². The quantitative estimate of drug-likeness (QED) is 0.821. The van der Waals surface area contributed by atoms with Gasteiger partial charge >= 0.3 is 0 Å². The number of ether oxygens (including phenoxy) is 1. The van der Waals surface area contributed by atoms with Gasteiger partial charge in [-0.25, -0.2) is 9.37 Å². The van der Waals surface area contributed by atoms with Crippen LogP contribution in [0, 0.1) is 19.7 Å². The summed E-state index contributed by atoms with van der Waals surface area (Å²) in [5, 5.41) is 11.5. The summed E-state index contributed by atoms with van der Waals surface area (Å²) in [6.45, 7) is 5.71. The second-order valence-electron chi connectivity index (χ2n) is 6.65. The molecule has 0 radical (unpaired) electrons. The fourth-order valence-corrected chi connectivity index (χ4v) is 3.25. The zero-order valence-electron chi connectivity index (χ0n) is 15.1. The van der Waals surface area contributed by atoms with E-state index in [-0.39, 0.29) is 29.5 Å². The van der Waals surface area contributed by atoms with Gasteiger partial charge in [0.05, 0.1) is 11.3 Å². The second-order valence-corrected chi connectivity index (χ2v) is 6.65. The molecule has 1 fully saturated rings. The lowest BCUT2D eigenvalue weighted by Crippen LogP contribution is -2.40. The summed E-state index contributed by atoms with van der Waals surface area (Å²) in [5.74, 6) is -0.0149. The number of hydrogen-bond acceptors (Lipinski definition) is 7. The van der Waals surface area contributed by atoms with Crippen LogP contribution in [0.5, 0.6) is 5.75 Å². The molecule has 1 aliphatic heterocycles.